The van der Waals surface area contributed by atoms with Gasteiger partial charge in [0, 0.05) is 29.6 Å². The van der Waals surface area contributed by atoms with Crippen molar-refractivity contribution in [1.29, 1.82) is 0 Å². The van der Waals surface area contributed by atoms with Crippen LogP contribution in [0.15, 0.2) is 40.8 Å². The lowest BCUT2D eigenvalue weighted by atomic mass is 9.97. The molecule has 3 aromatic rings. The molecule has 0 spiro atoms. The smallest absolute Gasteiger partial charge is 0.229 e. The fourth-order valence-corrected chi connectivity index (χ4v) is 5.35. The number of rotatable bonds is 15. The molecule has 10 nitrogen and oxygen atoms in total. The van der Waals surface area contributed by atoms with Crippen molar-refractivity contribution in [3.63, 3.8) is 0 Å². The number of hydrogen-bond acceptors (Lipinski definition) is 8. The van der Waals surface area contributed by atoms with Gasteiger partial charge < -0.3 is 14.1 Å². The summed E-state index contributed by atoms with van der Waals surface area (Å²) in [5, 5.41) is 0.469. The highest BCUT2D eigenvalue weighted by molar-refractivity contribution is 7.92. The monoisotopic (exact) mass is 615 g/mol. The Balaban J connectivity index is 0.00000560. The number of aryl methyl sites for hydroxylation is 1. The number of nitrogens with one attached hydrogen (secondary N) is 2. The van der Waals surface area contributed by atoms with E-state index < -0.39 is 20.0 Å². The van der Waals surface area contributed by atoms with Crippen molar-refractivity contribution in [3.05, 3.63) is 53.3 Å². The van der Waals surface area contributed by atoms with E-state index >= 15 is 0 Å². The number of sulfonamides is 2. The zero-order chi connectivity index (χ0) is 28.8. The van der Waals surface area contributed by atoms with Gasteiger partial charge in [0.1, 0.15) is 23.7 Å². The molecule has 0 atom stereocenters. The highest BCUT2D eigenvalue weighted by atomic mass is 35.5. The quantitative estimate of drug-likeness (QED) is 0.231. The Bertz CT molecular complexity index is 1530. The van der Waals surface area contributed by atoms with Crippen molar-refractivity contribution < 1.29 is 30.8 Å². The van der Waals surface area contributed by atoms with Crippen LogP contribution in [-0.4, -0.2) is 66.3 Å². The van der Waals surface area contributed by atoms with Gasteiger partial charge in [-0.3, -0.25) is 14.2 Å². The lowest BCUT2D eigenvalue weighted by molar-refractivity contribution is 0.103. The molecule has 0 bridgehead atoms. The molecule has 222 valence electrons. The first-order valence-electron chi connectivity index (χ1n) is 12.9. The third-order valence-corrected chi connectivity index (χ3v) is 7.34. The van der Waals surface area contributed by atoms with Crippen molar-refractivity contribution >= 4 is 60.6 Å². The Morgan fingerprint density at radius 2 is 1.62 bits per heavy atom. The third kappa shape index (κ3) is 9.12. The second-order valence-electron chi connectivity index (χ2n) is 9.38. The van der Waals surface area contributed by atoms with Gasteiger partial charge >= 0.3 is 0 Å². The molecule has 1 heterocycles. The molecule has 0 radical (unpaired) electrons. The van der Waals surface area contributed by atoms with Crippen LogP contribution in [0.1, 0.15) is 55.3 Å². The van der Waals surface area contributed by atoms with E-state index in [0.717, 1.165) is 38.4 Å². The zero-order valence-electron chi connectivity index (χ0n) is 23.4. The van der Waals surface area contributed by atoms with Crippen LogP contribution in [0.3, 0.4) is 0 Å². The predicted octanol–water partition coefficient (Wildman–Crippen LogP) is 4.89. The van der Waals surface area contributed by atoms with E-state index in [9.17, 15) is 21.6 Å². The number of fused-ring (bicyclic) bond motifs is 1. The van der Waals surface area contributed by atoms with E-state index in [-0.39, 0.29) is 29.4 Å². The second-order valence-corrected chi connectivity index (χ2v) is 12.9. The maximum absolute atomic E-state index is 13.9. The van der Waals surface area contributed by atoms with E-state index in [1.165, 1.54) is 6.07 Å². The molecule has 3 rings (SSSR count). The molecular weight excluding hydrogens is 578 g/mol. The van der Waals surface area contributed by atoms with Gasteiger partial charge in [-0.2, -0.15) is 0 Å². The molecule has 40 heavy (non-hydrogen) atoms. The van der Waals surface area contributed by atoms with Crippen molar-refractivity contribution in [3.8, 4) is 5.75 Å². The molecule has 1 aromatic heterocycles. The van der Waals surface area contributed by atoms with Crippen LogP contribution < -0.4 is 14.2 Å². The average Bonchev–Trinajstić information content (AvgIpc) is 3.21. The van der Waals surface area contributed by atoms with Gasteiger partial charge in [0.2, 0.25) is 20.0 Å². The molecule has 0 aliphatic rings. The number of likely N-dealkylation sites (N-methyl/N-ethyl adjacent to an activating group) is 1. The number of ether oxygens (including phenoxy) is 1. The van der Waals surface area contributed by atoms with Crippen molar-refractivity contribution in [1.82, 2.24) is 4.90 Å². The number of nitrogens with zero attached hydrogens (tertiary/aromatic N) is 1. The first-order valence-corrected chi connectivity index (χ1v) is 16.7. The van der Waals surface area contributed by atoms with Crippen LogP contribution in [0.25, 0.3) is 11.0 Å². The second kappa shape index (κ2) is 14.2. The van der Waals surface area contributed by atoms with Gasteiger partial charge in [-0.1, -0.05) is 27.2 Å². The fraction of sp³-hybridized carbons (Fsp3) is 0.444. The number of furan rings is 1. The Morgan fingerprint density at radius 1 is 0.950 bits per heavy atom. The summed E-state index contributed by atoms with van der Waals surface area (Å²) in [7, 11) is -7.19. The molecule has 0 fully saturated rings. The zero-order valence-corrected chi connectivity index (χ0v) is 25.9. The van der Waals surface area contributed by atoms with Crippen LogP contribution >= 0.6 is 12.4 Å². The molecule has 2 aromatic carbocycles. The number of carbonyl (C=O) groups excluding carboxylic acids is 1. The minimum Gasteiger partial charge on any atom is -0.490 e. The average molecular weight is 616 g/mol. The Kier molecular flexibility index (Phi) is 11.9. The summed E-state index contributed by atoms with van der Waals surface area (Å²) in [6, 6.07) is 9.39. The number of anilines is 2. The van der Waals surface area contributed by atoms with Gasteiger partial charge in [-0.15, -0.1) is 12.4 Å². The number of benzene rings is 2. The van der Waals surface area contributed by atoms with E-state index in [1.54, 1.807) is 30.3 Å². The maximum atomic E-state index is 13.9. The minimum atomic E-state index is -3.66. The van der Waals surface area contributed by atoms with Crippen molar-refractivity contribution in [2.75, 3.05) is 48.2 Å². The summed E-state index contributed by atoms with van der Waals surface area (Å²) in [6.45, 7) is 8.86. The maximum Gasteiger partial charge on any atom is 0.229 e. The number of unbranched alkanes of at least 4 members (excludes halogenated alkanes) is 1. The number of hydrogen-bond donors (Lipinski definition) is 2. The van der Waals surface area contributed by atoms with Crippen LogP contribution in [0.2, 0.25) is 0 Å². The highest BCUT2D eigenvalue weighted by Gasteiger charge is 2.24. The summed E-state index contributed by atoms with van der Waals surface area (Å²) in [5.74, 6) is 0.431. The number of carbonyl (C=O) groups is 1. The first kappa shape index (κ1) is 33.4. The van der Waals surface area contributed by atoms with E-state index in [4.69, 9.17) is 9.15 Å². The molecule has 0 amide bonds. The highest BCUT2D eigenvalue weighted by Crippen LogP contribution is 2.34. The summed E-state index contributed by atoms with van der Waals surface area (Å²) < 4.78 is 64.6. The van der Waals surface area contributed by atoms with Gasteiger partial charge in [0.25, 0.3) is 0 Å². The molecule has 0 aliphatic carbocycles. The topological polar surface area (TPSA) is 135 Å². The summed E-state index contributed by atoms with van der Waals surface area (Å²) in [4.78, 5) is 16.1. The fourth-order valence-electron chi connectivity index (χ4n) is 4.23. The predicted molar refractivity (Wildman–Crippen MR) is 162 cm³/mol. The van der Waals surface area contributed by atoms with Gasteiger partial charge in [-0.25, -0.2) is 16.8 Å². The minimum absolute atomic E-state index is 0. The molecular formula is C27H38ClN3O7S2. The van der Waals surface area contributed by atoms with E-state index in [2.05, 4.69) is 28.2 Å². The Labute approximate surface area is 243 Å². The molecule has 0 saturated heterocycles. The normalized spacial score (nSPS) is 11.8. The van der Waals surface area contributed by atoms with Gasteiger partial charge in [0.15, 0.2) is 5.78 Å². The Morgan fingerprint density at radius 3 is 2.23 bits per heavy atom. The summed E-state index contributed by atoms with van der Waals surface area (Å²) >= 11 is 0. The van der Waals surface area contributed by atoms with E-state index in [1.807, 2.05) is 6.92 Å². The standard InChI is InChI=1S/C27H37N3O7S2.ClH/c1-6-9-10-25-26(21-18-20(28-38(4,32)33)12-14-23(21)37-25)27(31)19-11-13-24(22(17-19)29-39(5,34)35)36-16-15-30(7-2)8-3;/h11-14,17-18,28-29H,6-10,15-16H2,1-5H3;1H. The SMILES string of the molecule is CCCCc1oc2ccc(NS(C)(=O)=O)cc2c1C(=O)c1ccc(OCCN(CC)CC)c(NS(C)(=O)=O)c1.Cl. The lowest BCUT2D eigenvalue weighted by Gasteiger charge is -2.19. The van der Waals surface area contributed by atoms with Crippen LogP contribution in [0.4, 0.5) is 11.4 Å². The molecule has 2 N–H and O–H groups in total. The molecule has 0 unspecified atom stereocenters. The van der Waals surface area contributed by atoms with Gasteiger partial charge in [-0.05, 0) is 55.9 Å². The number of halogens is 1. The molecule has 0 aliphatic heterocycles. The summed E-state index contributed by atoms with van der Waals surface area (Å²) in [5.41, 5.74) is 1.47. The van der Waals surface area contributed by atoms with Crippen LogP contribution in [-0.2, 0) is 26.5 Å². The van der Waals surface area contributed by atoms with E-state index in [0.29, 0.717) is 53.3 Å². The third-order valence-electron chi connectivity index (χ3n) is 6.15. The van der Waals surface area contributed by atoms with Crippen molar-refractivity contribution in [2.24, 2.45) is 0 Å². The largest absolute Gasteiger partial charge is 0.490 e. The molecule has 13 heteroatoms. The number of ketones is 1. The Hall–Kier alpha value is -2.80. The van der Waals surface area contributed by atoms with Crippen molar-refractivity contribution in [2.45, 2.75) is 40.0 Å². The van der Waals surface area contributed by atoms with Crippen LogP contribution in [0.5, 0.6) is 5.75 Å². The first-order chi connectivity index (χ1) is 18.3. The van der Waals surface area contributed by atoms with Gasteiger partial charge in [0.05, 0.1) is 23.8 Å². The lowest BCUT2D eigenvalue weighted by Crippen LogP contribution is -2.28. The molecule has 0 saturated carbocycles. The van der Waals surface area contributed by atoms with Crippen LogP contribution in [0, 0.1) is 0 Å². The summed E-state index contributed by atoms with van der Waals surface area (Å²) in [6.07, 6.45) is 4.27.